The molecule has 1 aromatic rings. The second-order valence-corrected chi connectivity index (χ2v) is 7.26. The van der Waals surface area contributed by atoms with Gasteiger partial charge in [0.25, 0.3) is 0 Å². The number of ether oxygens (including phenoxy) is 7. The molecule has 0 saturated heterocycles. The Bertz CT molecular complexity index is 857. The van der Waals surface area contributed by atoms with E-state index in [1.807, 2.05) is 6.92 Å². The molecular formula is C22H31NO11. The highest BCUT2D eigenvalue weighted by atomic mass is 16.7. The average Bonchev–Trinajstić information content (AvgIpc) is 2.79. The van der Waals surface area contributed by atoms with Gasteiger partial charge in [0.2, 0.25) is 0 Å². The number of hydrogen-bond donors (Lipinski definition) is 1. The van der Waals surface area contributed by atoms with Crippen molar-refractivity contribution in [2.45, 2.75) is 64.9 Å². The van der Waals surface area contributed by atoms with Gasteiger partial charge in [-0.2, -0.15) is 0 Å². The smallest absolute Gasteiger partial charge is 0.458 e. The first-order valence-corrected chi connectivity index (χ1v) is 10.5. The van der Waals surface area contributed by atoms with Gasteiger partial charge in [0, 0.05) is 0 Å². The summed E-state index contributed by atoms with van der Waals surface area (Å²) >= 11 is 0. The van der Waals surface area contributed by atoms with Gasteiger partial charge in [0.05, 0.1) is 14.2 Å². The third-order valence-corrected chi connectivity index (χ3v) is 4.60. The molecule has 0 bridgehead atoms. The summed E-state index contributed by atoms with van der Waals surface area (Å²) in [4.78, 5) is 47.1. The molecule has 12 heteroatoms. The Hall–Kier alpha value is -3.54. The summed E-state index contributed by atoms with van der Waals surface area (Å²) in [6, 6.07) is 3.10. The molecule has 0 saturated carbocycles. The first kappa shape index (κ1) is 28.5. The molecule has 0 aliphatic carbocycles. The zero-order valence-electron chi connectivity index (χ0n) is 20.0. The van der Waals surface area contributed by atoms with Crippen LogP contribution in [0.1, 0.15) is 39.7 Å². The molecule has 0 aliphatic heterocycles. The van der Waals surface area contributed by atoms with Crippen molar-refractivity contribution < 1.29 is 52.3 Å². The Kier molecular flexibility index (Phi) is 11.6. The van der Waals surface area contributed by atoms with Crippen molar-refractivity contribution in [2.75, 3.05) is 14.2 Å². The van der Waals surface area contributed by atoms with Gasteiger partial charge < -0.3 is 38.9 Å². The van der Waals surface area contributed by atoms with Gasteiger partial charge >= 0.3 is 24.4 Å². The van der Waals surface area contributed by atoms with Crippen LogP contribution in [0.25, 0.3) is 0 Å². The maximum Gasteiger partial charge on any atom is 0.513 e. The first-order chi connectivity index (χ1) is 16.0. The third-order valence-electron chi connectivity index (χ3n) is 4.60. The van der Waals surface area contributed by atoms with Crippen LogP contribution in [0.4, 0.5) is 14.4 Å². The lowest BCUT2D eigenvalue weighted by Gasteiger charge is -2.23. The van der Waals surface area contributed by atoms with Crippen LogP contribution >= 0.6 is 0 Å². The monoisotopic (exact) mass is 485 g/mol. The summed E-state index contributed by atoms with van der Waals surface area (Å²) in [5, 5.41) is 0. The van der Waals surface area contributed by atoms with E-state index in [4.69, 9.17) is 29.4 Å². The lowest BCUT2D eigenvalue weighted by atomic mass is 10.1. The fourth-order valence-electron chi connectivity index (χ4n) is 2.33. The number of hydrogen-bond acceptors (Lipinski definition) is 12. The van der Waals surface area contributed by atoms with E-state index >= 15 is 0 Å². The highest BCUT2D eigenvalue weighted by molar-refractivity contribution is 5.76. The predicted molar refractivity (Wildman–Crippen MR) is 117 cm³/mol. The van der Waals surface area contributed by atoms with Crippen molar-refractivity contribution in [2.24, 2.45) is 5.73 Å². The minimum Gasteiger partial charge on any atom is -0.458 e. The number of carbonyl (C=O) groups excluding carboxylic acids is 4. The van der Waals surface area contributed by atoms with E-state index in [0.29, 0.717) is 12.0 Å². The summed E-state index contributed by atoms with van der Waals surface area (Å²) in [6.07, 6.45) is -4.19. The van der Waals surface area contributed by atoms with Crippen molar-refractivity contribution in [3.63, 3.8) is 0 Å². The highest BCUT2D eigenvalue weighted by Crippen LogP contribution is 2.30. The van der Waals surface area contributed by atoms with Crippen molar-refractivity contribution in [1.82, 2.24) is 0 Å². The Morgan fingerprint density at radius 1 is 0.824 bits per heavy atom. The standard InChI is InChI=1S/C22H31NO11/c1-7-12(2)30-22(27)32-14(4)13(3)31-19(24)16(23)10-15-8-9-17(33-20(25)28-5)18(11-15)34-21(26)29-6/h8-9,11-14,16H,7,10,23H2,1-6H3/t12?,13-,14-,16-/m0/s1. The maximum absolute atomic E-state index is 12.4. The third kappa shape index (κ3) is 9.53. The fourth-order valence-corrected chi connectivity index (χ4v) is 2.33. The van der Waals surface area contributed by atoms with Crippen molar-refractivity contribution >= 4 is 24.4 Å². The van der Waals surface area contributed by atoms with Crippen LogP contribution in [-0.4, -0.2) is 63.0 Å². The maximum atomic E-state index is 12.4. The van der Waals surface area contributed by atoms with Gasteiger partial charge in [-0.15, -0.1) is 0 Å². The molecule has 0 heterocycles. The van der Waals surface area contributed by atoms with Crippen LogP contribution in [0.15, 0.2) is 18.2 Å². The number of methoxy groups -OCH3 is 2. The quantitative estimate of drug-likeness (QED) is 0.293. The number of esters is 1. The SMILES string of the molecule is CCC(C)OC(=O)O[C@@H](C)[C@H](C)OC(=O)[C@@H](N)Cc1ccc(OC(=O)OC)c(OC(=O)OC)c1. The highest BCUT2D eigenvalue weighted by Gasteiger charge is 2.26. The number of benzene rings is 1. The number of nitrogens with two attached hydrogens (primary N) is 1. The summed E-state index contributed by atoms with van der Waals surface area (Å²) in [5.74, 6) is -1.00. The van der Waals surface area contributed by atoms with E-state index in [1.54, 1.807) is 20.8 Å². The molecular weight excluding hydrogens is 454 g/mol. The molecule has 34 heavy (non-hydrogen) atoms. The molecule has 12 nitrogen and oxygen atoms in total. The minimum absolute atomic E-state index is 0.00706. The Morgan fingerprint density at radius 3 is 1.94 bits per heavy atom. The van der Waals surface area contributed by atoms with Crippen molar-refractivity contribution in [1.29, 1.82) is 0 Å². The van der Waals surface area contributed by atoms with Gasteiger partial charge in [0.15, 0.2) is 11.5 Å². The largest absolute Gasteiger partial charge is 0.513 e. The molecule has 0 aromatic heterocycles. The van der Waals surface area contributed by atoms with Gasteiger partial charge in [-0.25, -0.2) is 14.4 Å². The normalized spacial score (nSPS) is 14.0. The topological polar surface area (TPSA) is 159 Å². The van der Waals surface area contributed by atoms with Crippen LogP contribution in [0, 0.1) is 0 Å². The molecule has 2 N–H and O–H groups in total. The van der Waals surface area contributed by atoms with Gasteiger partial charge in [-0.3, -0.25) is 4.79 Å². The van der Waals surface area contributed by atoms with E-state index in [0.717, 1.165) is 14.2 Å². The van der Waals surface area contributed by atoms with Crippen LogP contribution in [0.3, 0.4) is 0 Å². The molecule has 0 amide bonds. The lowest BCUT2D eigenvalue weighted by molar-refractivity contribution is -0.155. The fraction of sp³-hybridized carbons (Fsp3) is 0.545. The zero-order valence-corrected chi connectivity index (χ0v) is 20.0. The molecule has 0 aliphatic rings. The number of rotatable bonds is 10. The molecule has 4 atom stereocenters. The molecule has 0 spiro atoms. The molecule has 190 valence electrons. The van der Waals surface area contributed by atoms with Crippen LogP contribution < -0.4 is 15.2 Å². The molecule has 1 rings (SSSR count). The zero-order chi connectivity index (χ0) is 25.8. The van der Waals surface area contributed by atoms with E-state index in [2.05, 4.69) is 9.47 Å². The minimum atomic E-state index is -1.10. The van der Waals surface area contributed by atoms with E-state index < -0.39 is 42.7 Å². The first-order valence-electron chi connectivity index (χ1n) is 10.5. The second kappa shape index (κ2) is 13.9. The van der Waals surface area contributed by atoms with Crippen LogP contribution in [-0.2, 0) is 34.9 Å². The van der Waals surface area contributed by atoms with E-state index in [1.165, 1.54) is 18.2 Å². The average molecular weight is 485 g/mol. The summed E-state index contributed by atoms with van der Waals surface area (Å²) < 4.78 is 34.2. The lowest BCUT2D eigenvalue weighted by Crippen LogP contribution is -2.39. The second-order valence-electron chi connectivity index (χ2n) is 7.26. The van der Waals surface area contributed by atoms with Crippen molar-refractivity contribution in [3.8, 4) is 11.5 Å². The van der Waals surface area contributed by atoms with Crippen molar-refractivity contribution in [3.05, 3.63) is 23.8 Å². The van der Waals surface area contributed by atoms with E-state index in [9.17, 15) is 19.2 Å². The molecule has 0 fully saturated rings. The Balaban J connectivity index is 2.79. The molecule has 1 aromatic carbocycles. The summed E-state index contributed by atoms with van der Waals surface area (Å²) in [5.41, 5.74) is 6.42. The Morgan fingerprint density at radius 2 is 1.38 bits per heavy atom. The van der Waals surface area contributed by atoms with Gasteiger partial charge in [-0.05, 0) is 51.3 Å². The number of carbonyl (C=O) groups is 4. The van der Waals surface area contributed by atoms with Gasteiger partial charge in [-0.1, -0.05) is 13.0 Å². The Labute approximate surface area is 197 Å². The van der Waals surface area contributed by atoms with E-state index in [-0.39, 0.29) is 24.0 Å². The summed E-state index contributed by atoms with van der Waals surface area (Å²) in [7, 11) is 2.22. The van der Waals surface area contributed by atoms with Gasteiger partial charge in [0.1, 0.15) is 24.4 Å². The molecule has 0 radical (unpaired) electrons. The molecule has 1 unspecified atom stereocenters. The summed E-state index contributed by atoms with van der Waals surface area (Å²) in [6.45, 7) is 6.69. The van der Waals surface area contributed by atoms with Crippen LogP contribution in [0.2, 0.25) is 0 Å². The van der Waals surface area contributed by atoms with Crippen LogP contribution in [0.5, 0.6) is 11.5 Å². The predicted octanol–water partition coefficient (Wildman–Crippen LogP) is 3.12.